The maximum atomic E-state index is 6.03. The summed E-state index contributed by atoms with van der Waals surface area (Å²) in [6.45, 7) is 5.36. The number of hydrogen-bond donors (Lipinski definition) is 1. The largest absolute Gasteiger partial charge is 0.473 e. The molecule has 2 heterocycles. The Bertz CT molecular complexity index is 587. The fourth-order valence-electron chi connectivity index (χ4n) is 2.67. The van der Waals surface area contributed by atoms with E-state index in [4.69, 9.17) is 4.74 Å². The van der Waals surface area contributed by atoms with Crippen LogP contribution in [0.3, 0.4) is 0 Å². The number of nitrogens with zero attached hydrogens (tertiary/aromatic N) is 3. The number of aromatic nitrogens is 3. The molecule has 0 amide bonds. The predicted octanol–water partition coefficient (Wildman–Crippen LogP) is 2.23. The molecule has 3 rings (SSSR count). The summed E-state index contributed by atoms with van der Waals surface area (Å²) in [5.74, 6) is 1.85. The lowest BCUT2D eigenvalue weighted by Gasteiger charge is -2.34. The van der Waals surface area contributed by atoms with Gasteiger partial charge >= 0.3 is 0 Å². The maximum Gasteiger partial charge on any atom is 0.240 e. The normalized spacial score (nSPS) is 22.2. The van der Waals surface area contributed by atoms with Crippen molar-refractivity contribution >= 4 is 5.52 Å². The molecule has 1 fully saturated rings. The summed E-state index contributed by atoms with van der Waals surface area (Å²) in [6, 6.07) is 2.08. The molecule has 0 spiro atoms. The van der Waals surface area contributed by atoms with Crippen molar-refractivity contribution in [3.05, 3.63) is 24.2 Å². The van der Waals surface area contributed by atoms with Crippen LogP contribution in [0.4, 0.5) is 0 Å². The van der Waals surface area contributed by atoms with E-state index in [0.717, 1.165) is 36.5 Å². The summed E-state index contributed by atoms with van der Waals surface area (Å²) < 4.78 is 7.90. The molecule has 0 radical (unpaired) electrons. The third-order valence-corrected chi connectivity index (χ3v) is 3.93. The number of rotatable bonds is 5. The SMILES string of the molecule is CNCC1CC(Oc2nccn3nc(C(C)C)cc23)C1. The van der Waals surface area contributed by atoms with Crippen molar-refractivity contribution in [3.8, 4) is 5.88 Å². The van der Waals surface area contributed by atoms with Crippen molar-refractivity contribution in [1.29, 1.82) is 0 Å². The summed E-state index contributed by atoms with van der Waals surface area (Å²) in [5, 5.41) is 7.77. The van der Waals surface area contributed by atoms with Gasteiger partial charge in [0.2, 0.25) is 5.88 Å². The van der Waals surface area contributed by atoms with Crippen LogP contribution < -0.4 is 10.1 Å². The molecule has 108 valence electrons. The Balaban J connectivity index is 1.75. The first-order valence-corrected chi connectivity index (χ1v) is 7.33. The topological polar surface area (TPSA) is 51.5 Å². The molecular formula is C15H22N4O. The minimum atomic E-state index is 0.296. The molecule has 1 N–H and O–H groups in total. The van der Waals surface area contributed by atoms with E-state index in [9.17, 15) is 0 Å². The Hall–Kier alpha value is -1.62. The van der Waals surface area contributed by atoms with Crippen LogP contribution in [0, 0.1) is 5.92 Å². The third-order valence-electron chi connectivity index (χ3n) is 3.93. The summed E-state index contributed by atoms with van der Waals surface area (Å²) in [6.07, 6.45) is 6.13. The van der Waals surface area contributed by atoms with Gasteiger partial charge in [-0.15, -0.1) is 0 Å². The molecule has 5 nitrogen and oxygen atoms in total. The first-order valence-electron chi connectivity index (χ1n) is 7.33. The second kappa shape index (κ2) is 5.40. The van der Waals surface area contributed by atoms with Gasteiger partial charge in [0.25, 0.3) is 0 Å². The lowest BCUT2D eigenvalue weighted by atomic mass is 9.82. The van der Waals surface area contributed by atoms with Crippen molar-refractivity contribution in [2.24, 2.45) is 5.92 Å². The molecule has 2 aromatic heterocycles. The van der Waals surface area contributed by atoms with Crippen LogP contribution in [0.1, 0.15) is 38.3 Å². The summed E-state index contributed by atoms with van der Waals surface area (Å²) in [7, 11) is 2.00. The van der Waals surface area contributed by atoms with Gasteiger partial charge in [-0.05, 0) is 44.3 Å². The van der Waals surface area contributed by atoms with Gasteiger partial charge in [0, 0.05) is 12.4 Å². The van der Waals surface area contributed by atoms with Crippen molar-refractivity contribution in [3.63, 3.8) is 0 Å². The standard InChI is InChI=1S/C15H22N4O/c1-10(2)13-8-14-15(17-4-5-19(14)18-13)20-12-6-11(7-12)9-16-3/h4-5,8,10-12,16H,6-7,9H2,1-3H3. The van der Waals surface area contributed by atoms with E-state index in [0.29, 0.717) is 17.9 Å². The Labute approximate surface area is 119 Å². The molecule has 1 saturated carbocycles. The molecule has 0 aromatic carbocycles. The summed E-state index contributed by atoms with van der Waals surface area (Å²) >= 11 is 0. The minimum Gasteiger partial charge on any atom is -0.473 e. The number of hydrogen-bond acceptors (Lipinski definition) is 4. The van der Waals surface area contributed by atoms with Crippen LogP contribution in [0.15, 0.2) is 18.5 Å². The monoisotopic (exact) mass is 274 g/mol. The van der Waals surface area contributed by atoms with Crippen LogP contribution in [0.2, 0.25) is 0 Å². The highest BCUT2D eigenvalue weighted by molar-refractivity contribution is 5.57. The van der Waals surface area contributed by atoms with E-state index < -0.39 is 0 Å². The van der Waals surface area contributed by atoms with Gasteiger partial charge in [-0.25, -0.2) is 9.50 Å². The predicted molar refractivity (Wildman–Crippen MR) is 78.1 cm³/mol. The molecule has 1 aliphatic rings. The quantitative estimate of drug-likeness (QED) is 0.908. The zero-order chi connectivity index (χ0) is 14.1. The van der Waals surface area contributed by atoms with Crippen LogP contribution in [0.5, 0.6) is 5.88 Å². The second-order valence-electron chi connectivity index (χ2n) is 5.92. The zero-order valence-electron chi connectivity index (χ0n) is 12.3. The Kier molecular flexibility index (Phi) is 3.61. The molecule has 0 atom stereocenters. The first kappa shape index (κ1) is 13.4. The minimum absolute atomic E-state index is 0.296. The van der Waals surface area contributed by atoms with Gasteiger partial charge in [0.05, 0.1) is 5.69 Å². The van der Waals surface area contributed by atoms with Crippen LogP contribution in [-0.4, -0.2) is 34.3 Å². The molecule has 5 heteroatoms. The molecule has 0 bridgehead atoms. The van der Waals surface area contributed by atoms with Gasteiger partial charge in [-0.2, -0.15) is 5.10 Å². The molecule has 2 aromatic rings. The Morgan fingerprint density at radius 2 is 2.25 bits per heavy atom. The Morgan fingerprint density at radius 1 is 1.45 bits per heavy atom. The number of fused-ring (bicyclic) bond motifs is 1. The van der Waals surface area contributed by atoms with Gasteiger partial charge in [0.15, 0.2) is 0 Å². The highest BCUT2D eigenvalue weighted by Gasteiger charge is 2.31. The maximum absolute atomic E-state index is 6.03. The van der Waals surface area contributed by atoms with Crippen LogP contribution in [0.25, 0.3) is 5.52 Å². The smallest absolute Gasteiger partial charge is 0.240 e. The van der Waals surface area contributed by atoms with Crippen molar-refractivity contribution in [1.82, 2.24) is 19.9 Å². The van der Waals surface area contributed by atoms with Gasteiger partial charge < -0.3 is 10.1 Å². The summed E-state index contributed by atoms with van der Waals surface area (Å²) in [4.78, 5) is 4.37. The fourth-order valence-corrected chi connectivity index (χ4v) is 2.67. The zero-order valence-corrected chi connectivity index (χ0v) is 12.3. The first-order chi connectivity index (χ1) is 9.67. The van der Waals surface area contributed by atoms with E-state index in [1.54, 1.807) is 6.20 Å². The van der Waals surface area contributed by atoms with Crippen LogP contribution in [-0.2, 0) is 0 Å². The van der Waals surface area contributed by atoms with E-state index in [-0.39, 0.29) is 0 Å². The molecule has 0 unspecified atom stereocenters. The van der Waals surface area contributed by atoms with Crippen molar-refractivity contribution in [2.75, 3.05) is 13.6 Å². The average molecular weight is 274 g/mol. The van der Waals surface area contributed by atoms with Gasteiger partial charge in [-0.3, -0.25) is 0 Å². The molecule has 20 heavy (non-hydrogen) atoms. The lowest BCUT2D eigenvalue weighted by Crippen LogP contribution is -2.38. The summed E-state index contributed by atoms with van der Waals surface area (Å²) in [5.41, 5.74) is 2.04. The number of ether oxygens (including phenoxy) is 1. The van der Waals surface area contributed by atoms with Gasteiger partial charge in [-0.1, -0.05) is 13.8 Å². The van der Waals surface area contributed by atoms with Crippen LogP contribution >= 0.6 is 0 Å². The van der Waals surface area contributed by atoms with E-state index in [1.807, 2.05) is 17.8 Å². The third kappa shape index (κ3) is 2.50. The van der Waals surface area contributed by atoms with E-state index in [2.05, 4.69) is 35.3 Å². The second-order valence-corrected chi connectivity index (χ2v) is 5.92. The molecule has 0 saturated heterocycles. The lowest BCUT2D eigenvalue weighted by molar-refractivity contribution is 0.0627. The fraction of sp³-hybridized carbons (Fsp3) is 0.600. The molecule has 1 aliphatic carbocycles. The average Bonchev–Trinajstić information content (AvgIpc) is 2.81. The molecular weight excluding hydrogens is 252 g/mol. The van der Waals surface area contributed by atoms with Gasteiger partial charge in [0.1, 0.15) is 11.6 Å². The highest BCUT2D eigenvalue weighted by atomic mass is 16.5. The number of nitrogens with one attached hydrogen (secondary N) is 1. The van der Waals surface area contributed by atoms with E-state index in [1.165, 1.54) is 0 Å². The van der Waals surface area contributed by atoms with Crippen molar-refractivity contribution in [2.45, 2.75) is 38.7 Å². The van der Waals surface area contributed by atoms with E-state index >= 15 is 0 Å². The Morgan fingerprint density at radius 3 is 2.95 bits per heavy atom. The molecule has 0 aliphatic heterocycles. The highest BCUT2D eigenvalue weighted by Crippen LogP contribution is 2.32. The van der Waals surface area contributed by atoms with Crippen molar-refractivity contribution < 1.29 is 4.74 Å².